The van der Waals surface area contributed by atoms with Gasteiger partial charge in [0.15, 0.2) is 10.8 Å². The number of rotatable bonds is 3. The number of aromatic nitrogens is 4. The lowest BCUT2D eigenvalue weighted by atomic mass is 9.97. The van der Waals surface area contributed by atoms with Gasteiger partial charge in [0.1, 0.15) is 10.7 Å². The molecule has 1 aliphatic carbocycles. The van der Waals surface area contributed by atoms with E-state index < -0.39 is 0 Å². The molecule has 0 N–H and O–H groups in total. The lowest BCUT2D eigenvalue weighted by Gasteiger charge is -2.16. The standard InChI is InChI=1S/C22H21N5OS2/c1-13-23-21-19(15-7-3-5-9-17(15)30-21)20-24-25-22(27(13)20)29-12-18(28)26-11-10-14-6-2-4-8-16(14)26/h2,4,6,8H,3,5,7,9-12H2,1H3. The first-order valence-corrected chi connectivity index (χ1v) is 12.2. The average Bonchev–Trinajstić information content (AvgIpc) is 3.46. The van der Waals surface area contributed by atoms with Crippen LogP contribution < -0.4 is 4.90 Å². The second-order valence-electron chi connectivity index (χ2n) is 7.90. The van der Waals surface area contributed by atoms with Crippen molar-refractivity contribution in [3.63, 3.8) is 0 Å². The molecule has 0 saturated heterocycles. The SMILES string of the molecule is Cc1nc2sc3c(c2c2nnc(SCC(=O)N4CCc5ccccc54)n12)CCCC3. The maximum Gasteiger partial charge on any atom is 0.237 e. The van der Waals surface area contributed by atoms with Gasteiger partial charge in [0.25, 0.3) is 0 Å². The molecular formula is C22H21N5OS2. The predicted molar refractivity (Wildman–Crippen MR) is 121 cm³/mol. The summed E-state index contributed by atoms with van der Waals surface area (Å²) in [6.07, 6.45) is 5.64. The van der Waals surface area contributed by atoms with E-state index in [1.807, 2.05) is 34.4 Å². The highest BCUT2D eigenvalue weighted by molar-refractivity contribution is 7.99. The van der Waals surface area contributed by atoms with E-state index in [4.69, 9.17) is 4.98 Å². The third kappa shape index (κ3) is 2.77. The summed E-state index contributed by atoms with van der Waals surface area (Å²) in [5, 5.41) is 10.9. The van der Waals surface area contributed by atoms with Crippen molar-refractivity contribution in [2.75, 3.05) is 17.2 Å². The predicted octanol–water partition coefficient (Wildman–Crippen LogP) is 4.21. The third-order valence-electron chi connectivity index (χ3n) is 6.11. The number of anilines is 1. The number of fused-ring (bicyclic) bond motifs is 6. The number of thioether (sulfide) groups is 1. The van der Waals surface area contributed by atoms with Gasteiger partial charge in [-0.15, -0.1) is 21.5 Å². The van der Waals surface area contributed by atoms with Gasteiger partial charge >= 0.3 is 0 Å². The van der Waals surface area contributed by atoms with Crippen molar-refractivity contribution >= 4 is 50.6 Å². The van der Waals surface area contributed by atoms with Crippen LogP contribution in [0.5, 0.6) is 0 Å². The van der Waals surface area contributed by atoms with E-state index in [1.165, 1.54) is 46.0 Å². The highest BCUT2D eigenvalue weighted by Gasteiger charge is 2.26. The summed E-state index contributed by atoms with van der Waals surface area (Å²) in [5.41, 5.74) is 4.58. The summed E-state index contributed by atoms with van der Waals surface area (Å²) in [5.74, 6) is 1.33. The number of benzene rings is 1. The quantitative estimate of drug-likeness (QED) is 0.451. The van der Waals surface area contributed by atoms with Gasteiger partial charge in [-0.2, -0.15) is 0 Å². The molecule has 152 valence electrons. The Morgan fingerprint density at radius 3 is 2.97 bits per heavy atom. The summed E-state index contributed by atoms with van der Waals surface area (Å²) in [4.78, 5) is 22.2. The Kier molecular flexibility index (Phi) is 4.31. The second-order valence-corrected chi connectivity index (χ2v) is 9.93. The molecule has 1 aromatic carbocycles. The molecule has 1 aliphatic heterocycles. The fourth-order valence-corrected chi connectivity index (χ4v) is 6.83. The Bertz CT molecular complexity index is 1310. The molecule has 3 aromatic heterocycles. The van der Waals surface area contributed by atoms with E-state index in [0.29, 0.717) is 5.75 Å². The fraction of sp³-hybridized carbons (Fsp3) is 0.364. The van der Waals surface area contributed by atoms with Gasteiger partial charge in [-0.1, -0.05) is 30.0 Å². The molecule has 0 bridgehead atoms. The monoisotopic (exact) mass is 435 g/mol. The van der Waals surface area contributed by atoms with Crippen LogP contribution in [0.3, 0.4) is 0 Å². The molecule has 0 spiro atoms. The first-order chi connectivity index (χ1) is 14.7. The van der Waals surface area contributed by atoms with Crippen LogP contribution in [-0.4, -0.2) is 37.8 Å². The Balaban J connectivity index is 1.32. The van der Waals surface area contributed by atoms with Gasteiger partial charge in [0.2, 0.25) is 5.91 Å². The van der Waals surface area contributed by atoms with Gasteiger partial charge in [-0.05, 0) is 56.2 Å². The van der Waals surface area contributed by atoms with Crippen LogP contribution in [0, 0.1) is 6.92 Å². The van der Waals surface area contributed by atoms with Crippen molar-refractivity contribution in [2.45, 2.75) is 44.2 Å². The van der Waals surface area contributed by atoms with Crippen molar-refractivity contribution in [3.8, 4) is 0 Å². The van der Waals surface area contributed by atoms with Crippen molar-refractivity contribution in [1.82, 2.24) is 19.6 Å². The minimum absolute atomic E-state index is 0.112. The first kappa shape index (κ1) is 18.3. The number of carbonyl (C=O) groups is 1. The zero-order chi connectivity index (χ0) is 20.2. The van der Waals surface area contributed by atoms with Crippen LogP contribution in [-0.2, 0) is 24.1 Å². The highest BCUT2D eigenvalue weighted by atomic mass is 32.2. The Hall–Kier alpha value is -2.45. The van der Waals surface area contributed by atoms with Crippen LogP contribution in [0.2, 0.25) is 0 Å². The third-order valence-corrected chi connectivity index (χ3v) is 8.21. The molecule has 30 heavy (non-hydrogen) atoms. The topological polar surface area (TPSA) is 63.4 Å². The normalized spacial score (nSPS) is 15.7. The van der Waals surface area contributed by atoms with Crippen molar-refractivity contribution in [1.29, 1.82) is 0 Å². The van der Waals surface area contributed by atoms with Crippen LogP contribution in [0.1, 0.15) is 34.7 Å². The van der Waals surface area contributed by atoms with Gasteiger partial charge in [-0.3, -0.25) is 9.20 Å². The molecule has 0 saturated carbocycles. The number of amides is 1. The van der Waals surface area contributed by atoms with E-state index in [1.54, 1.807) is 11.3 Å². The Morgan fingerprint density at radius 2 is 2.03 bits per heavy atom. The van der Waals surface area contributed by atoms with E-state index in [2.05, 4.69) is 16.3 Å². The number of para-hydroxylation sites is 1. The molecule has 4 aromatic rings. The van der Waals surface area contributed by atoms with Crippen LogP contribution in [0.25, 0.3) is 15.9 Å². The van der Waals surface area contributed by atoms with E-state index in [-0.39, 0.29) is 5.91 Å². The molecule has 0 fully saturated rings. The second kappa shape index (κ2) is 7.06. The minimum atomic E-state index is 0.112. The molecule has 0 atom stereocenters. The molecule has 4 heterocycles. The zero-order valence-corrected chi connectivity index (χ0v) is 18.4. The largest absolute Gasteiger partial charge is 0.311 e. The summed E-state index contributed by atoms with van der Waals surface area (Å²) in [6, 6.07) is 8.15. The van der Waals surface area contributed by atoms with Crippen LogP contribution in [0.4, 0.5) is 5.69 Å². The molecule has 0 unspecified atom stereocenters. The first-order valence-electron chi connectivity index (χ1n) is 10.4. The summed E-state index contributed by atoms with van der Waals surface area (Å²) in [7, 11) is 0. The zero-order valence-electron chi connectivity index (χ0n) is 16.7. The maximum atomic E-state index is 12.9. The summed E-state index contributed by atoms with van der Waals surface area (Å²) >= 11 is 3.26. The molecule has 1 amide bonds. The van der Waals surface area contributed by atoms with Gasteiger partial charge in [0.05, 0.1) is 11.1 Å². The van der Waals surface area contributed by atoms with Crippen molar-refractivity contribution in [3.05, 3.63) is 46.1 Å². The lowest BCUT2D eigenvalue weighted by Crippen LogP contribution is -2.30. The van der Waals surface area contributed by atoms with Crippen LogP contribution in [0.15, 0.2) is 29.4 Å². The number of hydrogen-bond acceptors (Lipinski definition) is 6. The molecule has 8 heteroatoms. The van der Waals surface area contributed by atoms with Gasteiger partial charge in [-0.25, -0.2) is 4.98 Å². The highest BCUT2D eigenvalue weighted by Crippen LogP contribution is 2.38. The maximum absolute atomic E-state index is 12.9. The smallest absolute Gasteiger partial charge is 0.237 e. The number of carbonyl (C=O) groups excluding carboxylic acids is 1. The van der Waals surface area contributed by atoms with Crippen LogP contribution >= 0.6 is 23.1 Å². The van der Waals surface area contributed by atoms with Gasteiger partial charge < -0.3 is 4.90 Å². The van der Waals surface area contributed by atoms with Crippen molar-refractivity contribution in [2.24, 2.45) is 0 Å². The molecular weight excluding hydrogens is 414 g/mol. The van der Waals surface area contributed by atoms with E-state index in [9.17, 15) is 4.79 Å². The van der Waals surface area contributed by atoms with E-state index >= 15 is 0 Å². The number of thiophene rings is 1. The minimum Gasteiger partial charge on any atom is -0.311 e. The summed E-state index contributed by atoms with van der Waals surface area (Å²) in [6.45, 7) is 2.75. The summed E-state index contributed by atoms with van der Waals surface area (Å²) < 4.78 is 2.03. The van der Waals surface area contributed by atoms with Crippen molar-refractivity contribution < 1.29 is 4.79 Å². The molecule has 0 radical (unpaired) electrons. The molecule has 6 rings (SSSR count). The average molecular weight is 436 g/mol. The van der Waals surface area contributed by atoms with E-state index in [0.717, 1.165) is 53.0 Å². The Morgan fingerprint density at radius 1 is 1.17 bits per heavy atom. The Labute approximate surface area is 182 Å². The molecule has 2 aliphatic rings. The number of hydrogen-bond donors (Lipinski definition) is 0. The number of aryl methyl sites for hydroxylation is 3. The van der Waals surface area contributed by atoms with Gasteiger partial charge in [0, 0.05) is 17.1 Å². The molecule has 6 nitrogen and oxygen atoms in total. The lowest BCUT2D eigenvalue weighted by molar-refractivity contribution is -0.116. The fourth-order valence-electron chi connectivity index (χ4n) is 4.68. The number of nitrogens with zero attached hydrogens (tertiary/aromatic N) is 5.